The zero-order chi connectivity index (χ0) is 80.4. The predicted octanol–water partition coefficient (Wildman–Crippen LogP) is 34.8. The smallest absolute Gasteiger partial charge is 0.0158 e. The minimum absolute atomic E-state index is 0.160. The Morgan fingerprint density at radius 2 is 0.216 bits per heavy atom. The molecule has 0 spiro atoms. The first kappa shape index (κ1) is 115. The molecule has 11 aromatic carbocycles. The molecule has 566 valence electrons. The average molecular weight is 1380 g/mol. The summed E-state index contributed by atoms with van der Waals surface area (Å²) < 4.78 is 0. The van der Waals surface area contributed by atoms with Crippen LogP contribution in [0.2, 0.25) is 0 Å². The lowest BCUT2D eigenvalue weighted by molar-refractivity contribution is 0.660. The van der Waals surface area contributed by atoms with Gasteiger partial charge in [0, 0.05) is 10.8 Å². The molecule has 2 aliphatic carbocycles. The van der Waals surface area contributed by atoms with Crippen molar-refractivity contribution in [2.75, 3.05) is 0 Å². The van der Waals surface area contributed by atoms with Crippen LogP contribution in [0.15, 0.2) is 340 Å². The zero-order valence-corrected chi connectivity index (χ0v) is 72.3. The quantitative estimate of drug-likeness (QED) is 0.142. The normalized spacial score (nSPS) is 9.04. The summed E-state index contributed by atoms with van der Waals surface area (Å²) in [6.45, 7) is 69.4. The molecule has 0 radical (unpaired) electrons. The van der Waals surface area contributed by atoms with E-state index in [1.165, 1.54) is 55.6 Å². The summed E-state index contributed by atoms with van der Waals surface area (Å²) >= 11 is 0. The van der Waals surface area contributed by atoms with Gasteiger partial charge in [-0.1, -0.05) is 572 Å². The first-order valence-corrected chi connectivity index (χ1v) is 39.6. The Morgan fingerprint density at radius 3 is 0.314 bits per heavy atom. The number of fused-ring (bicyclic) bond motifs is 6. The topological polar surface area (TPSA) is 0 Å². The van der Waals surface area contributed by atoms with Crippen LogP contribution in [0.25, 0.3) is 22.3 Å². The zero-order valence-electron chi connectivity index (χ0n) is 72.3. The third-order valence-corrected chi connectivity index (χ3v) is 12.2. The molecule has 2 aliphatic rings. The summed E-state index contributed by atoms with van der Waals surface area (Å²) in [5, 5.41) is 0. The largest absolute Gasteiger partial charge is 0.0683 e. The number of benzene rings is 11. The van der Waals surface area contributed by atoms with Crippen molar-refractivity contribution < 1.29 is 0 Å². The maximum atomic E-state index is 2.30. The predicted molar refractivity (Wildman–Crippen MR) is 481 cm³/mol. The van der Waals surface area contributed by atoms with Gasteiger partial charge in [-0.05, 0) is 58.4 Å². The van der Waals surface area contributed by atoms with Gasteiger partial charge in [-0.2, -0.15) is 0 Å². The van der Waals surface area contributed by atoms with Crippen molar-refractivity contribution in [3.8, 4) is 22.3 Å². The lowest BCUT2D eigenvalue weighted by atomic mass is 9.82. The van der Waals surface area contributed by atoms with Crippen molar-refractivity contribution in [1.29, 1.82) is 0 Å². The molecular formula is C102H158. The van der Waals surface area contributed by atoms with Crippen LogP contribution in [0.3, 0.4) is 0 Å². The van der Waals surface area contributed by atoms with Crippen molar-refractivity contribution in [1.82, 2.24) is 0 Å². The Hall–Kier alpha value is -8.58. The molecule has 0 atom stereocenters. The Bertz CT molecular complexity index is 2530. The van der Waals surface area contributed by atoms with E-state index >= 15 is 0 Å². The van der Waals surface area contributed by atoms with Crippen LogP contribution < -0.4 is 0 Å². The molecule has 11 aromatic rings. The van der Waals surface area contributed by atoms with E-state index in [-0.39, 0.29) is 10.8 Å². The molecule has 0 saturated carbocycles. The first-order chi connectivity index (χ1) is 50.2. The molecule has 0 heteroatoms. The minimum atomic E-state index is 0.160. The highest BCUT2D eigenvalue weighted by Gasteiger charge is 2.35. The van der Waals surface area contributed by atoms with E-state index < -0.39 is 0 Å². The number of hydrogen-bond acceptors (Lipinski definition) is 0. The third kappa shape index (κ3) is 58.1. The fourth-order valence-electron chi connectivity index (χ4n) is 8.34. The maximum Gasteiger partial charge on any atom is 0.0158 e. The third-order valence-electron chi connectivity index (χ3n) is 12.2. The van der Waals surface area contributed by atoms with Crippen LogP contribution in [0.4, 0.5) is 0 Å². The number of rotatable bonds is 0. The van der Waals surface area contributed by atoms with Crippen LogP contribution in [0.1, 0.15) is 255 Å². The highest BCUT2D eigenvalue weighted by atomic mass is 14.4. The molecule has 0 aliphatic heterocycles. The van der Waals surface area contributed by atoms with E-state index in [2.05, 4.69) is 163 Å². The van der Waals surface area contributed by atoms with Gasteiger partial charge in [-0.3, -0.25) is 0 Å². The number of aryl methyl sites for hydroxylation is 2. The van der Waals surface area contributed by atoms with Gasteiger partial charge in [0.15, 0.2) is 0 Å². The summed E-state index contributed by atoms with van der Waals surface area (Å²) in [5.74, 6) is 0. The van der Waals surface area contributed by atoms with Gasteiger partial charge < -0.3 is 0 Å². The summed E-state index contributed by atoms with van der Waals surface area (Å²) in [4.78, 5) is 0. The van der Waals surface area contributed by atoms with Crippen molar-refractivity contribution in [2.24, 2.45) is 0 Å². The fourth-order valence-corrected chi connectivity index (χ4v) is 8.34. The molecule has 0 heterocycles. The number of hydrogen-bond donors (Lipinski definition) is 0. The van der Waals surface area contributed by atoms with E-state index in [4.69, 9.17) is 0 Å². The minimum Gasteiger partial charge on any atom is -0.0683 e. The second kappa shape index (κ2) is 96.6. The van der Waals surface area contributed by atoms with E-state index in [9.17, 15) is 0 Å². The van der Waals surface area contributed by atoms with E-state index in [1.807, 2.05) is 412 Å². The van der Waals surface area contributed by atoms with Gasteiger partial charge in [0.25, 0.3) is 0 Å². The highest BCUT2D eigenvalue weighted by Crippen LogP contribution is 2.49. The van der Waals surface area contributed by atoms with E-state index in [1.54, 1.807) is 0 Å². The SMILES string of the molecule is CC.CC.CC.CC.CC.CC.CC.CC.CC.CC.CC.CC.CC.CC.CC1(C)c2ccccc2-c2ccccc21.CC1(C)c2ccccc2-c2ccccc21.Cc1ccccc1.Cc1ccccc1.c1ccccc1.c1ccccc1.c1ccccc1.c1ccccc1.c1ccccc1. The van der Waals surface area contributed by atoms with Crippen LogP contribution in [-0.2, 0) is 10.8 Å². The van der Waals surface area contributed by atoms with Crippen molar-refractivity contribution in [2.45, 2.75) is 246 Å². The van der Waals surface area contributed by atoms with Crippen LogP contribution in [0, 0.1) is 13.8 Å². The lowest BCUT2D eigenvalue weighted by Gasteiger charge is -2.20. The summed E-state index contributed by atoms with van der Waals surface area (Å²) in [7, 11) is 0. The van der Waals surface area contributed by atoms with Gasteiger partial charge in [-0.25, -0.2) is 0 Å². The fraction of sp³-hybridized carbons (Fsp3) is 0.353. The lowest BCUT2D eigenvalue weighted by Crippen LogP contribution is -2.14. The molecule has 0 N–H and O–H groups in total. The molecule has 0 nitrogen and oxygen atoms in total. The van der Waals surface area contributed by atoms with E-state index in [0.29, 0.717) is 0 Å². The molecule has 0 unspecified atom stereocenters. The Morgan fingerprint density at radius 1 is 0.127 bits per heavy atom. The van der Waals surface area contributed by atoms with Crippen molar-refractivity contribution >= 4 is 0 Å². The van der Waals surface area contributed by atoms with Crippen molar-refractivity contribution in [3.63, 3.8) is 0 Å². The Kier molecular flexibility index (Phi) is 109. The molecule has 0 saturated heterocycles. The molecule has 0 bridgehead atoms. The van der Waals surface area contributed by atoms with Crippen molar-refractivity contribution in [3.05, 3.63) is 373 Å². The summed E-state index contributed by atoms with van der Waals surface area (Å²) in [6, 6.07) is 115. The van der Waals surface area contributed by atoms with Gasteiger partial charge in [-0.15, -0.1) is 0 Å². The standard InChI is InChI=1S/2C15H14.2C7H8.5C6H6.14C2H6/c2*1-15(2)13-9-5-3-7-11(13)12-8-4-6-10-14(12)15;2*1-7-5-3-2-4-6-7;5*1-2-4-6-5-3-1;14*1-2/h2*3-10H,1-2H3;2*2-6H,1H3;5*1-6H;14*1-2H3. The van der Waals surface area contributed by atoms with Crippen LogP contribution in [-0.4, -0.2) is 0 Å². The second-order valence-corrected chi connectivity index (χ2v) is 18.5. The molecule has 13 rings (SSSR count). The molecular weight excluding hydrogens is 1230 g/mol. The summed E-state index contributed by atoms with van der Waals surface area (Å²) in [6.07, 6.45) is 0. The van der Waals surface area contributed by atoms with E-state index in [0.717, 1.165) is 0 Å². The Labute approximate surface area is 637 Å². The highest BCUT2D eigenvalue weighted by molar-refractivity contribution is 5.81. The molecule has 0 aromatic heterocycles. The van der Waals surface area contributed by atoms with Crippen LogP contribution in [0.5, 0.6) is 0 Å². The second-order valence-electron chi connectivity index (χ2n) is 18.5. The molecule has 0 amide bonds. The maximum absolute atomic E-state index is 2.30. The van der Waals surface area contributed by atoms with Gasteiger partial charge >= 0.3 is 0 Å². The van der Waals surface area contributed by atoms with Gasteiger partial charge in [0.2, 0.25) is 0 Å². The first-order valence-electron chi connectivity index (χ1n) is 39.6. The molecule has 102 heavy (non-hydrogen) atoms. The molecule has 0 fully saturated rings. The Balaban J connectivity index is -0.000000114. The van der Waals surface area contributed by atoms with Gasteiger partial charge in [0.05, 0.1) is 0 Å². The van der Waals surface area contributed by atoms with Gasteiger partial charge in [0.1, 0.15) is 0 Å². The summed E-state index contributed by atoms with van der Waals surface area (Å²) in [5.41, 5.74) is 14.4. The average Bonchev–Trinajstić information content (AvgIpc) is 1.61. The van der Waals surface area contributed by atoms with Crippen LogP contribution >= 0.6 is 0 Å². The monoisotopic (exact) mass is 1380 g/mol.